The first-order valence-corrected chi connectivity index (χ1v) is 3.33. The smallest absolute Gasteiger partial charge is 0.352 e. The summed E-state index contributed by atoms with van der Waals surface area (Å²) in [6, 6.07) is 6.20. The Morgan fingerprint density at radius 1 is 1.42 bits per heavy atom. The second-order valence-corrected chi connectivity index (χ2v) is 2.13. The largest absolute Gasteiger partial charge is 0.504 e. The normalized spacial score (nSPS) is 9.08. The zero-order valence-electron chi connectivity index (χ0n) is 6.48. The van der Waals surface area contributed by atoms with Crippen molar-refractivity contribution in [2.45, 2.75) is 6.92 Å². The fourth-order valence-corrected chi connectivity index (χ4v) is 0.631. The topological polar surface area (TPSA) is 55.8 Å². The quantitative estimate of drug-likeness (QED) is 0.533. The first-order chi connectivity index (χ1) is 5.70. The summed E-state index contributed by atoms with van der Waals surface area (Å²) in [5, 5.41) is 9.11. The van der Waals surface area contributed by atoms with Gasteiger partial charge < -0.3 is 5.11 Å². The highest BCUT2D eigenvalue weighted by Crippen LogP contribution is 2.24. The van der Waals surface area contributed by atoms with Crippen molar-refractivity contribution in [3.05, 3.63) is 24.3 Å². The van der Waals surface area contributed by atoms with Gasteiger partial charge in [0.1, 0.15) is 0 Å². The molecule has 1 N–H and O–H groups in total. The van der Waals surface area contributed by atoms with Crippen LogP contribution >= 0.6 is 0 Å². The van der Waals surface area contributed by atoms with Crippen LogP contribution in [0.25, 0.3) is 0 Å². The number of carbonyl (C=O) groups excluding carboxylic acids is 1. The first-order valence-electron chi connectivity index (χ1n) is 3.33. The van der Waals surface area contributed by atoms with E-state index in [1.165, 1.54) is 19.1 Å². The number of phenolic OH excluding ortho intramolecular Hbond substituents is 1. The van der Waals surface area contributed by atoms with Crippen molar-refractivity contribution < 1.29 is 19.7 Å². The molecule has 0 saturated heterocycles. The van der Waals surface area contributed by atoms with E-state index in [9.17, 15) is 4.79 Å². The molecule has 1 rings (SSSR count). The zero-order valence-corrected chi connectivity index (χ0v) is 6.48. The van der Waals surface area contributed by atoms with Crippen LogP contribution in [0.3, 0.4) is 0 Å². The molecule has 0 saturated carbocycles. The van der Waals surface area contributed by atoms with E-state index in [-0.39, 0.29) is 11.5 Å². The van der Waals surface area contributed by atoms with Crippen LogP contribution in [-0.4, -0.2) is 11.1 Å². The lowest BCUT2D eigenvalue weighted by Gasteiger charge is -2.02. The summed E-state index contributed by atoms with van der Waals surface area (Å²) in [6.45, 7) is 1.21. The van der Waals surface area contributed by atoms with Crippen molar-refractivity contribution in [3.8, 4) is 11.5 Å². The molecule has 12 heavy (non-hydrogen) atoms. The summed E-state index contributed by atoms with van der Waals surface area (Å²) < 4.78 is 0. The summed E-state index contributed by atoms with van der Waals surface area (Å²) in [5.41, 5.74) is 0. The number of hydrogen-bond acceptors (Lipinski definition) is 4. The molecule has 0 atom stereocenters. The number of benzene rings is 1. The molecule has 0 heterocycles. The Bertz CT molecular complexity index is 282. The molecule has 0 fully saturated rings. The van der Waals surface area contributed by atoms with E-state index in [0.717, 1.165) is 0 Å². The second kappa shape index (κ2) is 3.61. The van der Waals surface area contributed by atoms with Crippen LogP contribution in [0.4, 0.5) is 0 Å². The number of phenols is 1. The van der Waals surface area contributed by atoms with E-state index in [1.807, 2.05) is 0 Å². The van der Waals surface area contributed by atoms with Gasteiger partial charge in [0.25, 0.3) is 0 Å². The van der Waals surface area contributed by atoms with Crippen LogP contribution in [0.1, 0.15) is 6.92 Å². The van der Waals surface area contributed by atoms with Gasteiger partial charge in [-0.25, -0.2) is 4.79 Å². The lowest BCUT2D eigenvalue weighted by molar-refractivity contribution is -0.211. The minimum atomic E-state index is -0.571. The maximum absolute atomic E-state index is 10.3. The second-order valence-electron chi connectivity index (χ2n) is 2.13. The summed E-state index contributed by atoms with van der Waals surface area (Å²) in [5.74, 6) is -0.523. The van der Waals surface area contributed by atoms with E-state index in [0.29, 0.717) is 0 Å². The van der Waals surface area contributed by atoms with E-state index < -0.39 is 5.97 Å². The molecular weight excluding hydrogens is 160 g/mol. The average molecular weight is 168 g/mol. The van der Waals surface area contributed by atoms with Gasteiger partial charge in [0.05, 0.1) is 0 Å². The molecule has 0 aliphatic carbocycles. The van der Waals surface area contributed by atoms with E-state index in [1.54, 1.807) is 12.1 Å². The van der Waals surface area contributed by atoms with Crippen molar-refractivity contribution in [3.63, 3.8) is 0 Å². The monoisotopic (exact) mass is 168 g/mol. The molecule has 4 nitrogen and oxygen atoms in total. The van der Waals surface area contributed by atoms with Crippen LogP contribution in [0.5, 0.6) is 11.5 Å². The number of carbonyl (C=O) groups is 1. The Morgan fingerprint density at radius 3 is 2.67 bits per heavy atom. The van der Waals surface area contributed by atoms with Gasteiger partial charge in [0, 0.05) is 6.92 Å². The molecule has 4 heteroatoms. The molecule has 64 valence electrons. The summed E-state index contributed by atoms with van der Waals surface area (Å²) in [7, 11) is 0. The molecule has 0 aliphatic rings. The molecule has 0 spiro atoms. The highest BCUT2D eigenvalue weighted by atomic mass is 17.2. The molecule has 0 radical (unpaired) electrons. The maximum Gasteiger partial charge on any atom is 0.352 e. The lowest BCUT2D eigenvalue weighted by Crippen LogP contribution is -2.02. The van der Waals surface area contributed by atoms with Gasteiger partial charge in [0.15, 0.2) is 5.75 Å². The molecule has 1 aromatic rings. The molecule has 0 unspecified atom stereocenters. The van der Waals surface area contributed by atoms with Gasteiger partial charge in [-0.3, -0.25) is 9.78 Å². The lowest BCUT2D eigenvalue weighted by atomic mass is 10.3. The molecule has 0 aromatic heterocycles. The number of hydrogen-bond donors (Lipinski definition) is 1. The van der Waals surface area contributed by atoms with E-state index >= 15 is 0 Å². The van der Waals surface area contributed by atoms with Gasteiger partial charge in [-0.15, -0.1) is 0 Å². The fraction of sp³-hybridized carbons (Fsp3) is 0.125. The summed E-state index contributed by atoms with van der Waals surface area (Å²) >= 11 is 0. The highest BCUT2D eigenvalue weighted by Gasteiger charge is 2.02. The Morgan fingerprint density at radius 2 is 2.08 bits per heavy atom. The van der Waals surface area contributed by atoms with Crippen LogP contribution in [-0.2, 0) is 9.68 Å². The number of rotatable bonds is 2. The number of para-hydroxylation sites is 2. The van der Waals surface area contributed by atoms with Crippen LogP contribution in [0.15, 0.2) is 24.3 Å². The molecule has 0 aliphatic heterocycles. The third kappa shape index (κ3) is 2.16. The first kappa shape index (κ1) is 8.39. The summed E-state index contributed by atoms with van der Waals surface area (Å²) in [4.78, 5) is 19.0. The fourth-order valence-electron chi connectivity index (χ4n) is 0.631. The van der Waals surface area contributed by atoms with Gasteiger partial charge >= 0.3 is 5.97 Å². The van der Waals surface area contributed by atoms with Crippen molar-refractivity contribution >= 4 is 5.97 Å². The van der Waals surface area contributed by atoms with Gasteiger partial charge in [-0.2, -0.15) is 0 Å². The van der Waals surface area contributed by atoms with Gasteiger partial charge in [-0.1, -0.05) is 12.1 Å². The van der Waals surface area contributed by atoms with Crippen LogP contribution in [0.2, 0.25) is 0 Å². The highest BCUT2D eigenvalue weighted by molar-refractivity contribution is 5.65. The molecule has 0 bridgehead atoms. The third-order valence-electron chi connectivity index (χ3n) is 1.11. The molecule has 0 amide bonds. The van der Waals surface area contributed by atoms with Gasteiger partial charge in [-0.05, 0) is 12.1 Å². The van der Waals surface area contributed by atoms with Crippen molar-refractivity contribution in [1.29, 1.82) is 0 Å². The minimum Gasteiger partial charge on any atom is -0.504 e. The maximum atomic E-state index is 10.3. The standard InChI is InChI=1S/C8H8O4/c1-6(9)11-12-8-5-3-2-4-7(8)10/h2-5,10H,1H3. The summed E-state index contributed by atoms with van der Waals surface area (Å²) in [6.07, 6.45) is 0. The van der Waals surface area contributed by atoms with Crippen LogP contribution in [0, 0.1) is 0 Å². The average Bonchev–Trinajstić information content (AvgIpc) is 2.03. The molecular formula is C8H8O4. The number of aromatic hydroxyl groups is 1. The van der Waals surface area contributed by atoms with Crippen molar-refractivity contribution in [2.24, 2.45) is 0 Å². The Hall–Kier alpha value is -1.71. The Kier molecular flexibility index (Phi) is 2.53. The van der Waals surface area contributed by atoms with Crippen molar-refractivity contribution in [2.75, 3.05) is 0 Å². The van der Waals surface area contributed by atoms with Gasteiger partial charge in [0.2, 0.25) is 5.75 Å². The van der Waals surface area contributed by atoms with E-state index in [2.05, 4.69) is 9.78 Å². The predicted octanol–water partition coefficient (Wildman–Crippen LogP) is 1.25. The van der Waals surface area contributed by atoms with Crippen molar-refractivity contribution in [1.82, 2.24) is 0 Å². The van der Waals surface area contributed by atoms with Crippen LogP contribution < -0.4 is 4.89 Å². The Labute approximate surface area is 69.3 Å². The SMILES string of the molecule is CC(=O)OOc1ccccc1O. The minimum absolute atomic E-state index is 0.0706. The molecule has 1 aromatic carbocycles. The zero-order chi connectivity index (χ0) is 8.97. The van der Waals surface area contributed by atoms with E-state index in [4.69, 9.17) is 5.11 Å². The Balaban J connectivity index is 2.63. The third-order valence-corrected chi connectivity index (χ3v) is 1.11. The predicted molar refractivity (Wildman–Crippen MR) is 40.5 cm³/mol.